The van der Waals surface area contributed by atoms with E-state index in [-0.39, 0.29) is 40.9 Å². The monoisotopic (exact) mass is 629 g/mol. The van der Waals surface area contributed by atoms with Crippen LogP contribution in [0.3, 0.4) is 0 Å². The number of pyridine rings is 1. The van der Waals surface area contributed by atoms with Crippen molar-refractivity contribution in [1.82, 2.24) is 25.1 Å². The largest absolute Gasteiger partial charge is 0.382 e. The zero-order chi connectivity index (χ0) is 27.1. The van der Waals surface area contributed by atoms with E-state index in [0.717, 1.165) is 10.7 Å². The molecule has 2 aromatic heterocycles. The number of carbonyl (C=O) groups is 1. The molecule has 16 heteroatoms. The highest BCUT2D eigenvalue weighted by Crippen LogP contribution is 2.40. The van der Waals surface area contributed by atoms with Gasteiger partial charge in [0.25, 0.3) is 5.91 Å². The third-order valence-electron chi connectivity index (χ3n) is 4.74. The second-order valence-corrected chi connectivity index (χ2v) is 14.0. The van der Waals surface area contributed by atoms with Crippen LogP contribution in [0.25, 0.3) is 11.4 Å². The molecule has 3 aromatic rings. The third-order valence-corrected chi connectivity index (χ3v) is 6.42. The van der Waals surface area contributed by atoms with Gasteiger partial charge in [-0.05, 0) is 42.8 Å². The number of alkyl halides is 2. The smallest absolute Gasteiger partial charge is 0.346 e. The van der Waals surface area contributed by atoms with E-state index in [2.05, 4.69) is 96.2 Å². The van der Waals surface area contributed by atoms with Crippen LogP contribution in [0.2, 0.25) is 5.02 Å². The Morgan fingerprint density at radius 1 is 1.03 bits per heavy atom. The van der Waals surface area contributed by atoms with Crippen LogP contribution in [0.5, 0.6) is 0 Å². The second-order valence-electron chi connectivity index (χ2n) is 7.48. The molecule has 1 N–H and O–H groups in total. The van der Waals surface area contributed by atoms with Gasteiger partial charge < -0.3 is 5.32 Å². The van der Waals surface area contributed by atoms with Crippen LogP contribution >= 0.6 is 87.4 Å². The summed E-state index contributed by atoms with van der Waals surface area (Å²) < 4.78 is 42.5. The maximum Gasteiger partial charge on any atom is 0.382 e. The van der Waals surface area contributed by atoms with Gasteiger partial charge in [-0.1, -0.05) is 11.6 Å². The summed E-state index contributed by atoms with van der Waals surface area (Å²) in [6.45, 7) is 1.22. The molecule has 36 heavy (non-hydrogen) atoms. The van der Waals surface area contributed by atoms with E-state index in [0.29, 0.717) is 5.56 Å². The van der Waals surface area contributed by atoms with Crippen molar-refractivity contribution >= 4 is 93.3 Å². The number of nitrogens with one attached hydrogen (secondary N) is 1. The lowest BCUT2D eigenvalue weighted by Crippen LogP contribution is -2.39. The summed E-state index contributed by atoms with van der Waals surface area (Å²) in [5.41, 5.74) is 0.994. The van der Waals surface area contributed by atoms with Gasteiger partial charge in [0, 0.05) is 18.7 Å². The predicted octanol–water partition coefficient (Wildman–Crippen LogP) is 5.36. The number of thiol groups is 6. The average Bonchev–Trinajstić information content (AvgIpc) is 3.23. The lowest BCUT2D eigenvalue weighted by molar-refractivity contribution is -0.148. The zero-order valence-corrected chi connectivity index (χ0v) is 24.3. The molecule has 0 aliphatic carbocycles. The summed E-state index contributed by atoms with van der Waals surface area (Å²) in [6.07, 6.45) is 0. The maximum atomic E-state index is 15.2. The lowest BCUT2D eigenvalue weighted by Gasteiger charge is -2.22. The fourth-order valence-corrected chi connectivity index (χ4v) is 3.79. The van der Waals surface area contributed by atoms with Gasteiger partial charge in [-0.25, -0.2) is 14.1 Å². The summed E-state index contributed by atoms with van der Waals surface area (Å²) >= 11 is 31.1. The molecular formula is C20H19ClF3N5OS6. The number of hydrogen-bond acceptors (Lipinski definition) is 10. The van der Waals surface area contributed by atoms with Gasteiger partial charge in [0.05, 0.1) is 16.4 Å². The molecule has 0 atom stereocenters. The molecule has 0 saturated carbocycles. The first-order chi connectivity index (χ1) is 16.5. The maximum absolute atomic E-state index is 15.2. The SMILES string of the molecule is CCn1nc(-c2ccc(Cl)c(F)c2)nc1C(F)(F)C(=O)NCc1cc(C(S)(S)S)nc(C(S)(S)S)c1. The van der Waals surface area contributed by atoms with E-state index < -0.39 is 30.3 Å². The Morgan fingerprint density at radius 3 is 2.11 bits per heavy atom. The van der Waals surface area contributed by atoms with Crippen molar-refractivity contribution in [3.63, 3.8) is 0 Å². The van der Waals surface area contributed by atoms with Crippen LogP contribution in [0, 0.1) is 5.82 Å². The highest BCUT2D eigenvalue weighted by atomic mass is 35.5. The fraction of sp³-hybridized carbons (Fsp3) is 0.300. The number of aryl methyl sites for hydroxylation is 1. The number of benzene rings is 1. The van der Waals surface area contributed by atoms with Crippen LogP contribution in [0.1, 0.15) is 29.7 Å². The molecule has 0 fully saturated rings. The van der Waals surface area contributed by atoms with E-state index in [4.69, 9.17) is 11.6 Å². The Morgan fingerprint density at radius 2 is 1.61 bits per heavy atom. The Kier molecular flexibility index (Phi) is 9.16. The molecule has 0 saturated heterocycles. The highest BCUT2D eigenvalue weighted by molar-refractivity contribution is 8.16. The summed E-state index contributed by atoms with van der Waals surface area (Å²) in [6, 6.07) is 6.63. The molecule has 1 aromatic carbocycles. The van der Waals surface area contributed by atoms with Crippen LogP contribution in [0.4, 0.5) is 13.2 Å². The topological polar surface area (TPSA) is 72.7 Å². The molecular weight excluding hydrogens is 611 g/mol. The molecule has 3 rings (SSSR count). The normalized spacial score (nSPS) is 12.6. The van der Waals surface area contributed by atoms with Gasteiger partial charge in [0.2, 0.25) is 5.82 Å². The quantitative estimate of drug-likeness (QED) is 0.135. The summed E-state index contributed by atoms with van der Waals surface area (Å²) in [5.74, 6) is -7.53. The molecule has 0 spiro atoms. The van der Waals surface area contributed by atoms with Gasteiger partial charge in [-0.15, -0.1) is 75.8 Å². The van der Waals surface area contributed by atoms with Crippen molar-refractivity contribution in [2.75, 3.05) is 0 Å². The minimum atomic E-state index is -4.06. The first-order valence-electron chi connectivity index (χ1n) is 9.97. The zero-order valence-electron chi connectivity index (χ0n) is 18.2. The second kappa shape index (κ2) is 11.1. The Labute approximate surface area is 243 Å². The van der Waals surface area contributed by atoms with Crippen molar-refractivity contribution in [2.24, 2.45) is 0 Å². The van der Waals surface area contributed by atoms with E-state index in [1.807, 2.05) is 0 Å². The van der Waals surface area contributed by atoms with Crippen molar-refractivity contribution in [1.29, 1.82) is 0 Å². The Balaban J connectivity index is 1.89. The van der Waals surface area contributed by atoms with E-state index in [1.165, 1.54) is 24.3 Å². The van der Waals surface area contributed by atoms with Crippen LogP contribution in [-0.2, 0) is 30.6 Å². The first-order valence-corrected chi connectivity index (χ1v) is 13.0. The molecule has 0 bridgehead atoms. The van der Waals surface area contributed by atoms with Gasteiger partial charge in [-0.3, -0.25) is 9.78 Å². The standard InChI is InChI=1S/C20H19ClF3N5OS6/c1-2-29-16(27-15(28-29)10-3-4-11(21)12(22)7-10)18(23,24)17(30)25-8-9-5-13(19(31,32)33)26-14(6-9)20(34,35)36/h3-7,31-36H,2,8H2,1H3,(H,25,30). The van der Waals surface area contributed by atoms with Crippen LogP contribution in [-0.4, -0.2) is 25.7 Å². The fourth-order valence-electron chi connectivity index (χ4n) is 2.98. The van der Waals surface area contributed by atoms with Crippen molar-refractivity contribution in [3.8, 4) is 11.4 Å². The van der Waals surface area contributed by atoms with Crippen molar-refractivity contribution < 1.29 is 18.0 Å². The van der Waals surface area contributed by atoms with E-state index in [1.54, 1.807) is 6.92 Å². The summed E-state index contributed by atoms with van der Waals surface area (Å²) in [5, 5.41) is 6.04. The first kappa shape index (κ1) is 29.7. The van der Waals surface area contributed by atoms with Crippen LogP contribution < -0.4 is 5.32 Å². The third kappa shape index (κ3) is 6.77. The molecule has 1 amide bonds. The Hall–Kier alpha value is -0.840. The minimum absolute atomic E-state index is 0.0137. The lowest BCUT2D eigenvalue weighted by atomic mass is 10.2. The van der Waals surface area contributed by atoms with Crippen molar-refractivity contribution in [3.05, 3.63) is 63.9 Å². The summed E-state index contributed by atoms with van der Waals surface area (Å²) in [7, 11) is 0. The molecule has 6 nitrogen and oxygen atoms in total. The Bertz CT molecular complexity index is 1260. The van der Waals surface area contributed by atoms with E-state index in [9.17, 15) is 9.18 Å². The number of amides is 1. The van der Waals surface area contributed by atoms with Crippen LogP contribution in [0.15, 0.2) is 30.3 Å². The van der Waals surface area contributed by atoms with Gasteiger partial charge in [-0.2, -0.15) is 13.9 Å². The van der Waals surface area contributed by atoms with Gasteiger partial charge in [0.1, 0.15) is 12.6 Å². The van der Waals surface area contributed by atoms with Gasteiger partial charge >= 0.3 is 5.92 Å². The summed E-state index contributed by atoms with van der Waals surface area (Å²) in [4.78, 5) is 20.7. The molecule has 0 aliphatic rings. The number of halogens is 4. The number of rotatable bonds is 8. The molecule has 0 aliphatic heterocycles. The van der Waals surface area contributed by atoms with E-state index >= 15 is 8.78 Å². The molecule has 0 unspecified atom stereocenters. The average molecular weight is 630 g/mol. The predicted molar refractivity (Wildman–Crippen MR) is 153 cm³/mol. The number of nitrogens with zero attached hydrogens (tertiary/aromatic N) is 4. The number of carbonyl (C=O) groups excluding carboxylic acids is 1. The number of aromatic nitrogens is 4. The molecule has 2 heterocycles. The van der Waals surface area contributed by atoms with Gasteiger partial charge in [0.15, 0.2) is 5.82 Å². The molecule has 0 radical (unpaired) electrons. The number of hydrogen-bond donors (Lipinski definition) is 7. The van der Waals surface area contributed by atoms with Crippen molar-refractivity contribution in [2.45, 2.75) is 32.8 Å². The molecule has 194 valence electrons. The highest BCUT2D eigenvalue weighted by Gasteiger charge is 2.46. The minimum Gasteiger partial charge on any atom is -0.346 e.